The Balaban J connectivity index is 3.81. The van der Waals surface area contributed by atoms with E-state index in [0.29, 0.717) is 0 Å². The van der Waals surface area contributed by atoms with Crippen LogP contribution >= 0.6 is 0 Å². The molecule has 0 saturated heterocycles. The van der Waals surface area contributed by atoms with E-state index in [0.717, 1.165) is 0 Å². The highest BCUT2D eigenvalue weighted by Crippen LogP contribution is 1.99. The van der Waals surface area contributed by atoms with Crippen LogP contribution in [0.2, 0.25) is 0 Å². The lowest BCUT2D eigenvalue weighted by Gasteiger charge is -2.14. The van der Waals surface area contributed by atoms with E-state index in [-0.39, 0.29) is 25.5 Å². The zero-order valence-electron chi connectivity index (χ0n) is 8.23. The normalized spacial score (nSPS) is 14.5. The summed E-state index contributed by atoms with van der Waals surface area (Å²) in [6.07, 6.45) is -0.0826. The van der Waals surface area contributed by atoms with E-state index in [1.807, 2.05) is 0 Å². The van der Waals surface area contributed by atoms with Crippen LogP contribution in [-0.2, 0) is 14.3 Å². The second-order valence-corrected chi connectivity index (χ2v) is 3.09. The minimum atomic E-state index is -0.809. The highest BCUT2D eigenvalue weighted by atomic mass is 16.5. The van der Waals surface area contributed by atoms with Crippen molar-refractivity contribution >= 4 is 11.9 Å². The highest BCUT2D eigenvalue weighted by molar-refractivity contribution is 5.78. The fraction of sp³-hybridized carbons (Fsp3) is 0.750. The molecule has 6 N–H and O–H groups in total. The molecule has 0 spiro atoms. The van der Waals surface area contributed by atoms with Gasteiger partial charge in [0.05, 0.1) is 0 Å². The summed E-state index contributed by atoms with van der Waals surface area (Å²) in [5.41, 5.74) is 15.6. The SMILES string of the molecule is CC(CN)OC(=O)[C@@H](N)CCC(N)=O. The van der Waals surface area contributed by atoms with Gasteiger partial charge in [0, 0.05) is 13.0 Å². The van der Waals surface area contributed by atoms with Crippen molar-refractivity contribution in [3.05, 3.63) is 0 Å². The van der Waals surface area contributed by atoms with Gasteiger partial charge in [0.15, 0.2) is 0 Å². The van der Waals surface area contributed by atoms with Gasteiger partial charge in [-0.3, -0.25) is 9.59 Å². The summed E-state index contributed by atoms with van der Waals surface area (Å²) in [7, 11) is 0. The Morgan fingerprint density at radius 2 is 2.00 bits per heavy atom. The van der Waals surface area contributed by atoms with Crippen molar-refractivity contribution in [1.82, 2.24) is 0 Å². The van der Waals surface area contributed by atoms with Crippen molar-refractivity contribution in [3.8, 4) is 0 Å². The number of amides is 1. The van der Waals surface area contributed by atoms with Gasteiger partial charge in [-0.05, 0) is 13.3 Å². The van der Waals surface area contributed by atoms with Crippen molar-refractivity contribution in [2.24, 2.45) is 17.2 Å². The number of rotatable bonds is 6. The van der Waals surface area contributed by atoms with Crippen LogP contribution in [0.15, 0.2) is 0 Å². The summed E-state index contributed by atoms with van der Waals surface area (Å²) in [6, 6.07) is -0.809. The van der Waals surface area contributed by atoms with Gasteiger partial charge in [0.25, 0.3) is 0 Å². The number of hydrogen-bond acceptors (Lipinski definition) is 5. The van der Waals surface area contributed by atoms with Gasteiger partial charge < -0.3 is 21.9 Å². The standard InChI is InChI=1S/C8H17N3O3/c1-5(4-9)14-8(13)6(10)2-3-7(11)12/h5-6H,2-4,9-10H2,1H3,(H2,11,12)/t5?,6-/m0/s1. The molecule has 0 aliphatic carbocycles. The molecule has 0 saturated carbocycles. The lowest BCUT2D eigenvalue weighted by molar-refractivity contribution is -0.149. The largest absolute Gasteiger partial charge is 0.460 e. The highest BCUT2D eigenvalue weighted by Gasteiger charge is 2.17. The molecule has 1 amide bonds. The fourth-order valence-electron chi connectivity index (χ4n) is 0.749. The Labute approximate surface area is 82.8 Å². The maximum absolute atomic E-state index is 11.2. The molecule has 0 bridgehead atoms. The lowest BCUT2D eigenvalue weighted by Crippen LogP contribution is -2.37. The molecule has 0 heterocycles. The van der Waals surface area contributed by atoms with Crippen LogP contribution in [0.1, 0.15) is 19.8 Å². The van der Waals surface area contributed by atoms with Crippen molar-refractivity contribution < 1.29 is 14.3 Å². The maximum Gasteiger partial charge on any atom is 0.323 e. The number of esters is 1. The molecule has 0 fully saturated rings. The van der Waals surface area contributed by atoms with E-state index >= 15 is 0 Å². The van der Waals surface area contributed by atoms with Crippen molar-refractivity contribution in [3.63, 3.8) is 0 Å². The van der Waals surface area contributed by atoms with E-state index < -0.39 is 17.9 Å². The summed E-state index contributed by atoms with van der Waals surface area (Å²) in [6.45, 7) is 1.91. The molecule has 0 rings (SSSR count). The number of primary amides is 1. The summed E-state index contributed by atoms with van der Waals surface area (Å²) in [5.74, 6) is -1.04. The zero-order valence-corrected chi connectivity index (χ0v) is 8.23. The first-order valence-corrected chi connectivity index (χ1v) is 4.41. The first-order chi connectivity index (χ1) is 6.47. The Morgan fingerprint density at radius 1 is 1.43 bits per heavy atom. The van der Waals surface area contributed by atoms with Crippen LogP contribution < -0.4 is 17.2 Å². The molecule has 14 heavy (non-hydrogen) atoms. The molecule has 0 aromatic rings. The van der Waals surface area contributed by atoms with Gasteiger partial charge in [-0.1, -0.05) is 0 Å². The third-order valence-electron chi connectivity index (χ3n) is 1.65. The Morgan fingerprint density at radius 3 is 2.43 bits per heavy atom. The molecule has 82 valence electrons. The van der Waals surface area contributed by atoms with Gasteiger partial charge in [0.1, 0.15) is 12.1 Å². The second-order valence-electron chi connectivity index (χ2n) is 3.09. The van der Waals surface area contributed by atoms with Crippen LogP contribution in [0.5, 0.6) is 0 Å². The van der Waals surface area contributed by atoms with Gasteiger partial charge in [0.2, 0.25) is 5.91 Å². The summed E-state index contributed by atoms with van der Waals surface area (Å²) in [4.78, 5) is 21.6. The fourth-order valence-corrected chi connectivity index (χ4v) is 0.749. The maximum atomic E-state index is 11.2. The predicted molar refractivity (Wildman–Crippen MR) is 51.0 cm³/mol. The van der Waals surface area contributed by atoms with E-state index in [4.69, 9.17) is 21.9 Å². The molecule has 0 aromatic heterocycles. The van der Waals surface area contributed by atoms with Crippen molar-refractivity contribution in [2.75, 3.05) is 6.54 Å². The average Bonchev–Trinajstić information content (AvgIpc) is 2.13. The predicted octanol–water partition coefficient (Wildman–Crippen LogP) is -1.53. The van der Waals surface area contributed by atoms with E-state index in [1.54, 1.807) is 6.92 Å². The number of carbonyl (C=O) groups excluding carboxylic acids is 2. The molecule has 0 aliphatic heterocycles. The van der Waals surface area contributed by atoms with E-state index in [2.05, 4.69) is 0 Å². The Hall–Kier alpha value is -1.14. The Bertz CT molecular complexity index is 208. The average molecular weight is 203 g/mol. The van der Waals surface area contributed by atoms with Gasteiger partial charge in [-0.25, -0.2) is 0 Å². The van der Waals surface area contributed by atoms with Gasteiger partial charge in [-0.15, -0.1) is 0 Å². The number of ether oxygens (including phenoxy) is 1. The summed E-state index contributed by atoms with van der Waals surface area (Å²) in [5, 5.41) is 0. The van der Waals surface area contributed by atoms with Gasteiger partial charge >= 0.3 is 5.97 Å². The van der Waals surface area contributed by atoms with Crippen LogP contribution in [0.4, 0.5) is 0 Å². The van der Waals surface area contributed by atoms with E-state index in [9.17, 15) is 9.59 Å². The molecule has 6 nitrogen and oxygen atoms in total. The van der Waals surface area contributed by atoms with Crippen LogP contribution in [0.3, 0.4) is 0 Å². The van der Waals surface area contributed by atoms with Gasteiger partial charge in [-0.2, -0.15) is 0 Å². The zero-order chi connectivity index (χ0) is 11.1. The minimum absolute atomic E-state index is 0.0767. The van der Waals surface area contributed by atoms with Crippen molar-refractivity contribution in [2.45, 2.75) is 31.9 Å². The smallest absolute Gasteiger partial charge is 0.323 e. The summed E-state index contributed by atoms with van der Waals surface area (Å²) < 4.78 is 4.85. The third kappa shape index (κ3) is 5.50. The second kappa shape index (κ2) is 6.33. The molecule has 0 aliphatic rings. The minimum Gasteiger partial charge on any atom is -0.460 e. The third-order valence-corrected chi connectivity index (χ3v) is 1.65. The Kier molecular flexibility index (Phi) is 5.82. The summed E-state index contributed by atoms with van der Waals surface area (Å²) >= 11 is 0. The van der Waals surface area contributed by atoms with Crippen LogP contribution in [-0.4, -0.2) is 30.6 Å². The molecule has 2 atom stereocenters. The molecular formula is C8H17N3O3. The van der Waals surface area contributed by atoms with E-state index in [1.165, 1.54) is 0 Å². The molecule has 6 heteroatoms. The lowest BCUT2D eigenvalue weighted by atomic mass is 10.1. The van der Waals surface area contributed by atoms with Crippen LogP contribution in [0.25, 0.3) is 0 Å². The van der Waals surface area contributed by atoms with Crippen LogP contribution in [0, 0.1) is 0 Å². The van der Waals surface area contributed by atoms with Crippen molar-refractivity contribution in [1.29, 1.82) is 0 Å². The molecular weight excluding hydrogens is 186 g/mol. The first-order valence-electron chi connectivity index (χ1n) is 4.41. The first kappa shape index (κ1) is 12.9. The quantitative estimate of drug-likeness (QED) is 0.452. The number of nitrogens with two attached hydrogens (primary N) is 3. The number of carbonyl (C=O) groups is 2. The molecule has 0 radical (unpaired) electrons. The monoisotopic (exact) mass is 203 g/mol. The molecule has 0 aromatic carbocycles. The molecule has 1 unspecified atom stereocenters. The number of hydrogen-bond donors (Lipinski definition) is 3. The topological polar surface area (TPSA) is 121 Å².